The lowest BCUT2D eigenvalue weighted by atomic mass is 10.4. The van der Waals surface area contributed by atoms with Gasteiger partial charge in [0.05, 0.1) is 16.3 Å². The Morgan fingerprint density at radius 2 is 1.80 bits per heavy atom. The number of hydrogen-bond donors (Lipinski definition) is 1. The Hall–Kier alpha value is -1.68. The maximum atomic E-state index is 12.7. The first-order chi connectivity index (χ1) is 11.7. The zero-order valence-electron chi connectivity index (χ0n) is 14.0. The zero-order valence-corrected chi connectivity index (χ0v) is 15.6. The highest BCUT2D eigenvalue weighted by atomic mass is 32.2. The Morgan fingerprint density at radius 1 is 1.12 bits per heavy atom. The molecule has 0 amide bonds. The van der Waals surface area contributed by atoms with Crippen molar-refractivity contribution in [2.24, 2.45) is 0 Å². The van der Waals surface area contributed by atoms with Crippen LogP contribution in [0.2, 0.25) is 0 Å². The molecule has 0 spiro atoms. The summed E-state index contributed by atoms with van der Waals surface area (Å²) in [6.07, 6.45) is 1.62. The van der Waals surface area contributed by atoms with E-state index in [1.165, 1.54) is 31.3 Å². The fraction of sp³-hybridized carbons (Fsp3) is 0.375. The summed E-state index contributed by atoms with van der Waals surface area (Å²) in [6.45, 7) is 1.84. The molecule has 0 saturated heterocycles. The highest BCUT2D eigenvalue weighted by Gasteiger charge is 2.29. The van der Waals surface area contributed by atoms with E-state index in [0.29, 0.717) is 11.5 Å². The minimum absolute atomic E-state index is 0.0462. The van der Waals surface area contributed by atoms with Crippen LogP contribution in [0.25, 0.3) is 0 Å². The van der Waals surface area contributed by atoms with Gasteiger partial charge in [0, 0.05) is 13.1 Å². The number of nitrogens with zero attached hydrogens (tertiary/aromatic N) is 1. The second-order valence-corrected chi connectivity index (χ2v) is 9.90. The second-order valence-electron chi connectivity index (χ2n) is 6.14. The van der Waals surface area contributed by atoms with Gasteiger partial charge in [-0.3, -0.25) is 0 Å². The molecule has 1 heterocycles. The van der Waals surface area contributed by atoms with Gasteiger partial charge in [-0.05, 0) is 50.1 Å². The number of benzene rings is 1. The van der Waals surface area contributed by atoms with Crippen LogP contribution in [0.15, 0.2) is 50.6 Å². The van der Waals surface area contributed by atoms with Gasteiger partial charge in [-0.2, -0.15) is 4.31 Å². The van der Waals surface area contributed by atoms with Crippen molar-refractivity contribution < 1.29 is 21.3 Å². The monoisotopic (exact) mass is 384 g/mol. The van der Waals surface area contributed by atoms with Crippen LogP contribution in [0.3, 0.4) is 0 Å². The van der Waals surface area contributed by atoms with Gasteiger partial charge in [-0.15, -0.1) is 0 Å². The van der Waals surface area contributed by atoms with Crippen molar-refractivity contribution in [1.29, 1.82) is 0 Å². The summed E-state index contributed by atoms with van der Waals surface area (Å²) in [6, 6.07) is 8.81. The van der Waals surface area contributed by atoms with Gasteiger partial charge in [0.25, 0.3) is 0 Å². The Kier molecular flexibility index (Phi) is 4.76. The van der Waals surface area contributed by atoms with Crippen LogP contribution in [-0.4, -0.2) is 34.2 Å². The first-order valence-corrected chi connectivity index (χ1v) is 10.7. The molecule has 136 valence electrons. The van der Waals surface area contributed by atoms with E-state index in [1.54, 1.807) is 19.1 Å². The van der Waals surface area contributed by atoms with Crippen LogP contribution in [0.4, 0.5) is 0 Å². The average molecular weight is 384 g/mol. The smallest absolute Gasteiger partial charge is 0.243 e. The van der Waals surface area contributed by atoms with Gasteiger partial charge in [0.15, 0.2) is 0 Å². The van der Waals surface area contributed by atoms with Crippen LogP contribution in [-0.2, 0) is 26.6 Å². The molecule has 9 heteroatoms. The summed E-state index contributed by atoms with van der Waals surface area (Å²) >= 11 is 0. The van der Waals surface area contributed by atoms with Crippen molar-refractivity contribution in [2.75, 3.05) is 7.05 Å². The van der Waals surface area contributed by atoms with Crippen LogP contribution in [0.1, 0.15) is 24.4 Å². The van der Waals surface area contributed by atoms with E-state index in [-0.39, 0.29) is 22.4 Å². The molecule has 1 fully saturated rings. The first-order valence-electron chi connectivity index (χ1n) is 7.82. The van der Waals surface area contributed by atoms with E-state index in [4.69, 9.17) is 4.42 Å². The second kappa shape index (κ2) is 6.56. The van der Waals surface area contributed by atoms with Crippen molar-refractivity contribution in [2.45, 2.75) is 42.1 Å². The fourth-order valence-electron chi connectivity index (χ4n) is 2.34. The maximum absolute atomic E-state index is 12.7. The normalized spacial score (nSPS) is 15.6. The Morgan fingerprint density at radius 3 is 2.40 bits per heavy atom. The number of aryl methyl sites for hydroxylation is 1. The van der Waals surface area contributed by atoms with Crippen LogP contribution in [0.5, 0.6) is 0 Å². The van der Waals surface area contributed by atoms with Gasteiger partial charge in [-0.25, -0.2) is 21.6 Å². The van der Waals surface area contributed by atoms with E-state index in [1.807, 2.05) is 0 Å². The van der Waals surface area contributed by atoms with Gasteiger partial charge in [0.1, 0.15) is 11.5 Å². The molecule has 2 aromatic rings. The molecule has 0 radical (unpaired) electrons. The van der Waals surface area contributed by atoms with Gasteiger partial charge >= 0.3 is 0 Å². The van der Waals surface area contributed by atoms with Gasteiger partial charge in [-0.1, -0.05) is 6.07 Å². The Balaban J connectivity index is 1.85. The molecule has 0 bridgehead atoms. The number of nitrogens with one attached hydrogen (secondary N) is 1. The van der Waals surface area contributed by atoms with E-state index >= 15 is 0 Å². The molecule has 1 aliphatic rings. The minimum Gasteiger partial charge on any atom is -0.465 e. The van der Waals surface area contributed by atoms with Crippen molar-refractivity contribution in [3.63, 3.8) is 0 Å². The standard InChI is InChI=1S/C16H20N2O5S2/c1-12-6-9-14(23-12)11-18(2)25(21,22)16-5-3-4-15(10-16)24(19,20)17-13-7-8-13/h3-6,9-10,13,17H,7-8,11H2,1-2H3. The molecule has 1 aliphatic carbocycles. The van der Waals surface area contributed by atoms with E-state index < -0.39 is 20.0 Å². The molecule has 1 saturated carbocycles. The minimum atomic E-state index is -3.84. The predicted octanol–water partition coefficient (Wildman–Crippen LogP) is 1.85. The number of rotatable bonds is 7. The molecule has 1 aromatic carbocycles. The lowest BCUT2D eigenvalue weighted by Crippen LogP contribution is -2.28. The van der Waals surface area contributed by atoms with E-state index in [2.05, 4.69) is 4.72 Å². The molecule has 0 atom stereocenters. The largest absolute Gasteiger partial charge is 0.465 e. The molecule has 1 aromatic heterocycles. The predicted molar refractivity (Wildman–Crippen MR) is 91.9 cm³/mol. The lowest BCUT2D eigenvalue weighted by molar-refractivity contribution is 0.397. The average Bonchev–Trinajstić information content (AvgIpc) is 3.26. The van der Waals surface area contributed by atoms with Crippen molar-refractivity contribution in [3.8, 4) is 0 Å². The van der Waals surface area contributed by atoms with Crippen molar-refractivity contribution in [3.05, 3.63) is 47.9 Å². The summed E-state index contributed by atoms with van der Waals surface area (Å²) in [5, 5.41) is 0. The van der Waals surface area contributed by atoms with Crippen molar-refractivity contribution >= 4 is 20.0 Å². The van der Waals surface area contributed by atoms with Gasteiger partial charge < -0.3 is 4.42 Å². The summed E-state index contributed by atoms with van der Waals surface area (Å²) in [4.78, 5) is -0.125. The lowest BCUT2D eigenvalue weighted by Gasteiger charge is -2.16. The first kappa shape index (κ1) is 18.1. The fourth-order valence-corrected chi connectivity index (χ4v) is 4.95. The summed E-state index contributed by atoms with van der Waals surface area (Å²) < 4.78 is 59.1. The highest BCUT2D eigenvalue weighted by Crippen LogP contribution is 2.24. The van der Waals surface area contributed by atoms with E-state index in [9.17, 15) is 16.8 Å². The van der Waals surface area contributed by atoms with Crippen LogP contribution >= 0.6 is 0 Å². The SMILES string of the molecule is Cc1ccc(CN(C)S(=O)(=O)c2cccc(S(=O)(=O)NC3CC3)c2)o1. The third kappa shape index (κ3) is 4.12. The third-order valence-electron chi connectivity index (χ3n) is 3.90. The van der Waals surface area contributed by atoms with Gasteiger partial charge in [0.2, 0.25) is 20.0 Å². The summed E-state index contributed by atoms with van der Waals surface area (Å²) in [5.41, 5.74) is 0. The molecule has 0 unspecified atom stereocenters. The summed E-state index contributed by atoms with van der Waals surface area (Å²) in [7, 11) is -6.13. The van der Waals surface area contributed by atoms with Crippen molar-refractivity contribution in [1.82, 2.24) is 9.03 Å². The van der Waals surface area contributed by atoms with E-state index in [0.717, 1.165) is 17.1 Å². The quantitative estimate of drug-likeness (QED) is 0.786. The molecule has 25 heavy (non-hydrogen) atoms. The molecule has 1 N–H and O–H groups in total. The van der Waals surface area contributed by atoms with Crippen LogP contribution in [0, 0.1) is 6.92 Å². The number of hydrogen-bond acceptors (Lipinski definition) is 5. The molecular formula is C16H20N2O5S2. The number of sulfonamides is 2. The molecule has 3 rings (SSSR count). The van der Waals surface area contributed by atoms with Crippen LogP contribution < -0.4 is 4.72 Å². The Labute approximate surface area is 147 Å². The Bertz CT molecular complexity index is 975. The topological polar surface area (TPSA) is 96.7 Å². The molecule has 7 nitrogen and oxygen atoms in total. The summed E-state index contributed by atoms with van der Waals surface area (Å²) in [5.74, 6) is 1.21. The third-order valence-corrected chi connectivity index (χ3v) is 7.22. The maximum Gasteiger partial charge on any atom is 0.243 e. The highest BCUT2D eigenvalue weighted by molar-refractivity contribution is 7.90. The number of furan rings is 1. The molecule has 0 aliphatic heterocycles. The molecular weight excluding hydrogens is 364 g/mol. The zero-order chi connectivity index (χ0) is 18.2.